The molecule has 0 saturated carbocycles. The lowest BCUT2D eigenvalue weighted by Gasteiger charge is -2.37. The molecule has 5 aromatic rings. The minimum Gasteiger partial charge on any atom is -0.154 e. The molecule has 0 aliphatic carbocycles. The second-order valence-electron chi connectivity index (χ2n) is 25.6. The van der Waals surface area contributed by atoms with Crippen LogP contribution in [0.4, 0.5) is 0 Å². The number of rotatable bonds is 43. The quantitative estimate of drug-likeness (QED) is 0.0303. The molecule has 5 rings (SSSR count). The average molecular weight is 1200 g/mol. The Morgan fingerprint density at radius 2 is 0.617 bits per heavy atom. The monoisotopic (exact) mass is 1200 g/mol. The SMILES string of the molecule is CCCC[Si](CCCC)(CCCC)c1cccc(P(N[P+](CCc2ccccc2)(c2ccc([Si](CCC)(CCC)CCC)cc2)c2ccc([Si](CCC)(CCC)CCC)cc2)c2cccc([Si](CCCC)(CCCC)CCCC)c2)c1. The van der Waals surface area contributed by atoms with Gasteiger partial charge in [0.25, 0.3) is 0 Å². The Morgan fingerprint density at radius 1 is 0.309 bits per heavy atom. The molecule has 7 heteroatoms. The van der Waals surface area contributed by atoms with E-state index in [1.165, 1.54) is 194 Å². The van der Waals surface area contributed by atoms with Crippen LogP contribution in [0.1, 0.15) is 204 Å². The Hall–Kier alpha value is -2.21. The van der Waals surface area contributed by atoms with E-state index in [1.807, 2.05) is 0 Å². The third kappa shape index (κ3) is 18.6. The van der Waals surface area contributed by atoms with Gasteiger partial charge < -0.3 is 0 Å². The molecular formula is C74H122NP2Si4+. The van der Waals surface area contributed by atoms with Gasteiger partial charge in [-0.15, -0.1) is 0 Å². The summed E-state index contributed by atoms with van der Waals surface area (Å²) < 4.78 is 0. The van der Waals surface area contributed by atoms with E-state index < -0.39 is 47.8 Å². The van der Waals surface area contributed by atoms with Gasteiger partial charge in [-0.3, -0.25) is 0 Å². The fourth-order valence-electron chi connectivity index (χ4n) is 15.2. The van der Waals surface area contributed by atoms with E-state index in [1.54, 1.807) is 42.0 Å². The summed E-state index contributed by atoms with van der Waals surface area (Å²) in [6.07, 6.45) is 25.8. The summed E-state index contributed by atoms with van der Waals surface area (Å²) in [6, 6.07) is 71.7. The molecule has 0 heterocycles. The highest BCUT2D eigenvalue weighted by Gasteiger charge is 2.48. The van der Waals surface area contributed by atoms with Gasteiger partial charge in [0.05, 0.1) is 46.5 Å². The van der Waals surface area contributed by atoms with Crippen LogP contribution in [-0.4, -0.2) is 38.5 Å². The van der Waals surface area contributed by atoms with Crippen molar-refractivity contribution < 1.29 is 0 Å². The zero-order chi connectivity index (χ0) is 58.5. The molecule has 5 aromatic carbocycles. The molecule has 0 aliphatic heterocycles. The normalized spacial score (nSPS) is 12.7. The minimum atomic E-state index is -2.37. The molecule has 0 saturated heterocycles. The molecule has 1 nitrogen and oxygen atoms in total. The zero-order valence-corrected chi connectivity index (χ0v) is 60.4. The molecule has 0 radical (unpaired) electrons. The second-order valence-corrected chi connectivity index (χ2v) is 49.8. The van der Waals surface area contributed by atoms with Crippen molar-refractivity contribution in [2.45, 2.75) is 278 Å². The number of nitrogens with one attached hydrogen (secondary N) is 1. The lowest BCUT2D eigenvalue weighted by molar-refractivity contribution is 0.800. The highest BCUT2D eigenvalue weighted by Crippen LogP contribution is 2.59. The molecule has 0 aliphatic rings. The lowest BCUT2D eigenvalue weighted by Crippen LogP contribution is -2.50. The molecule has 0 amide bonds. The van der Waals surface area contributed by atoms with E-state index >= 15 is 0 Å². The first-order valence-electron chi connectivity index (χ1n) is 34.4. The van der Waals surface area contributed by atoms with Crippen molar-refractivity contribution in [3.8, 4) is 0 Å². The minimum absolute atomic E-state index is 1.00. The third-order valence-corrected chi connectivity index (χ3v) is 49.4. The van der Waals surface area contributed by atoms with Crippen molar-refractivity contribution in [3.05, 3.63) is 133 Å². The Balaban J connectivity index is 1.97. The van der Waals surface area contributed by atoms with Crippen molar-refractivity contribution in [3.63, 3.8) is 0 Å². The topological polar surface area (TPSA) is 12.0 Å². The van der Waals surface area contributed by atoms with Crippen molar-refractivity contribution in [1.82, 2.24) is 4.86 Å². The molecule has 0 bridgehead atoms. The molecule has 0 spiro atoms. The summed E-state index contributed by atoms with van der Waals surface area (Å²) in [5, 5.41) is 13.2. The molecular weight excluding hydrogens is 1080 g/mol. The van der Waals surface area contributed by atoms with Crippen LogP contribution in [0.2, 0.25) is 72.5 Å². The van der Waals surface area contributed by atoms with Crippen LogP contribution in [0.15, 0.2) is 127 Å². The van der Waals surface area contributed by atoms with Gasteiger partial charge in [0.15, 0.2) is 0 Å². The summed E-state index contributed by atoms with van der Waals surface area (Å²) in [7, 11) is -10.4. The maximum Gasteiger partial charge on any atom is 0.150 e. The highest BCUT2D eigenvalue weighted by molar-refractivity contribution is 7.95. The zero-order valence-electron chi connectivity index (χ0n) is 54.6. The summed E-state index contributed by atoms with van der Waals surface area (Å²) in [6.45, 7) is 29.3. The van der Waals surface area contributed by atoms with Gasteiger partial charge in [0, 0.05) is 6.42 Å². The molecule has 0 fully saturated rings. The highest BCUT2D eigenvalue weighted by atomic mass is 31.2. The van der Waals surface area contributed by atoms with E-state index in [9.17, 15) is 0 Å². The van der Waals surface area contributed by atoms with Gasteiger partial charge in [0.1, 0.15) is 18.0 Å². The number of benzene rings is 5. The van der Waals surface area contributed by atoms with Gasteiger partial charge in [-0.1, -0.05) is 395 Å². The Morgan fingerprint density at radius 3 is 0.914 bits per heavy atom. The molecule has 0 aromatic heterocycles. The maximum atomic E-state index is 5.12. The van der Waals surface area contributed by atoms with Gasteiger partial charge in [0.2, 0.25) is 0 Å². The number of hydrogen-bond acceptors (Lipinski definition) is 1. The van der Waals surface area contributed by atoms with E-state index in [4.69, 9.17) is 4.86 Å². The second kappa shape index (κ2) is 36.7. The molecule has 0 unspecified atom stereocenters. The van der Waals surface area contributed by atoms with Gasteiger partial charge >= 0.3 is 0 Å². The lowest BCUT2D eigenvalue weighted by atomic mass is 10.2. The molecule has 0 atom stereocenters. The Kier molecular flexibility index (Phi) is 31.5. The van der Waals surface area contributed by atoms with Crippen molar-refractivity contribution in [2.24, 2.45) is 0 Å². The number of aryl methyl sites for hydroxylation is 1. The first kappa shape index (κ1) is 69.6. The van der Waals surface area contributed by atoms with Crippen LogP contribution in [0.5, 0.6) is 0 Å². The largest absolute Gasteiger partial charge is 0.154 e. The Bertz CT molecular complexity index is 2230. The van der Waals surface area contributed by atoms with E-state index in [-0.39, 0.29) is 0 Å². The van der Waals surface area contributed by atoms with E-state index in [0.717, 1.165) is 12.6 Å². The summed E-state index contributed by atoms with van der Waals surface area (Å²) in [5.41, 5.74) is 1.46. The standard InChI is InChI=1S/C74H122NP2Si4/c1-13-25-58-80(59-26-14-2,60-27-15-3)73-40-34-38-67(64-73)76(68-39-35-41-74(65-68)81(61-28-16-4,62-29-17-5)63-30-18-6)75-77(51-50-66-36-32-31-33-37-66,69-42-46-71(47-43-69)78(52-19-7,53-20-8)54-21-9)70-44-48-72(49-45-70)79(55-22-10,56-23-11)57-24-12/h31-49,64-65,75H,13-30,50-63H2,1-12H3/q+1. The first-order chi connectivity index (χ1) is 39.5. The van der Waals surface area contributed by atoms with Gasteiger partial charge in [-0.05, 0) is 40.4 Å². The van der Waals surface area contributed by atoms with Crippen molar-refractivity contribution in [1.29, 1.82) is 0 Å². The van der Waals surface area contributed by atoms with Crippen molar-refractivity contribution >= 4 is 89.7 Å². The molecule has 1 N–H and O–H groups in total. The fraction of sp³-hybridized carbons (Fsp3) is 0.595. The van der Waals surface area contributed by atoms with Gasteiger partial charge in [-0.25, -0.2) is 0 Å². The molecule has 81 heavy (non-hydrogen) atoms. The van der Waals surface area contributed by atoms with Crippen LogP contribution < -0.4 is 46.8 Å². The van der Waals surface area contributed by atoms with Crippen LogP contribution in [0, 0.1) is 0 Å². The van der Waals surface area contributed by atoms with Crippen LogP contribution in [-0.2, 0) is 6.42 Å². The number of unbranched alkanes of at least 4 members (excludes halogenated alkanes) is 6. The smallest absolute Gasteiger partial charge is 0.150 e. The van der Waals surface area contributed by atoms with Crippen LogP contribution in [0.25, 0.3) is 0 Å². The maximum absolute atomic E-state index is 5.12. The van der Waals surface area contributed by atoms with Gasteiger partial charge in [-0.2, -0.15) is 4.86 Å². The van der Waals surface area contributed by atoms with Crippen LogP contribution >= 0.6 is 15.5 Å². The van der Waals surface area contributed by atoms with E-state index in [2.05, 4.69) is 210 Å². The first-order valence-corrected chi connectivity index (χ1v) is 48.2. The predicted octanol–water partition coefficient (Wildman–Crippen LogP) is 20.3. The predicted molar refractivity (Wildman–Crippen MR) is 387 cm³/mol. The third-order valence-electron chi connectivity index (χ3n) is 19.5. The summed E-state index contributed by atoms with van der Waals surface area (Å²) >= 11 is 0. The average Bonchev–Trinajstić information content (AvgIpc) is 3.53. The Labute approximate surface area is 507 Å². The summed E-state index contributed by atoms with van der Waals surface area (Å²) in [5.74, 6) is 0. The fourth-order valence-corrected chi connectivity index (χ4v) is 45.1. The summed E-state index contributed by atoms with van der Waals surface area (Å²) in [4.78, 5) is 5.12. The van der Waals surface area contributed by atoms with Crippen molar-refractivity contribution in [2.75, 3.05) is 6.16 Å². The van der Waals surface area contributed by atoms with Crippen LogP contribution in [0.3, 0.4) is 0 Å². The number of hydrogen-bond donors (Lipinski definition) is 1. The van der Waals surface area contributed by atoms with E-state index in [0.29, 0.717) is 0 Å². The molecule has 448 valence electrons.